The van der Waals surface area contributed by atoms with Crippen molar-refractivity contribution in [3.8, 4) is 0 Å². The second-order valence-electron chi connectivity index (χ2n) is 6.57. The number of rotatable bonds is 3. The molecular formula is C16H24N2O. The van der Waals surface area contributed by atoms with E-state index in [1.54, 1.807) is 0 Å². The molecule has 0 fully saturated rings. The quantitative estimate of drug-likeness (QED) is 0.908. The molecule has 1 aliphatic heterocycles. The second kappa shape index (κ2) is 5.33. The van der Waals surface area contributed by atoms with Crippen LogP contribution in [0.3, 0.4) is 0 Å². The van der Waals surface area contributed by atoms with Crippen molar-refractivity contribution in [2.75, 3.05) is 18.0 Å². The Kier molecular flexibility index (Phi) is 3.95. The smallest absolute Gasteiger partial charge is 0.227 e. The highest BCUT2D eigenvalue weighted by atomic mass is 16.2. The summed E-state index contributed by atoms with van der Waals surface area (Å²) in [7, 11) is 0. The van der Waals surface area contributed by atoms with Gasteiger partial charge in [-0.1, -0.05) is 39.0 Å². The molecule has 0 radical (unpaired) electrons. The van der Waals surface area contributed by atoms with Crippen LogP contribution < -0.4 is 10.6 Å². The maximum absolute atomic E-state index is 12.5. The molecule has 2 N–H and O–H groups in total. The summed E-state index contributed by atoms with van der Waals surface area (Å²) in [5.41, 5.74) is 8.06. The summed E-state index contributed by atoms with van der Waals surface area (Å²) >= 11 is 0. The molecule has 3 nitrogen and oxygen atoms in total. The van der Waals surface area contributed by atoms with E-state index in [1.807, 2.05) is 23.1 Å². The number of hydrogen-bond acceptors (Lipinski definition) is 2. The molecule has 104 valence electrons. The standard InChI is InChI=1S/C16H24N2O/c1-16(2,3)10-15(19)18-11-12(8-9-17)13-6-4-5-7-14(13)18/h4-7,12H,8-11,17H2,1-3H3. The summed E-state index contributed by atoms with van der Waals surface area (Å²) in [5.74, 6) is 0.615. The second-order valence-corrected chi connectivity index (χ2v) is 6.57. The lowest BCUT2D eigenvalue weighted by Crippen LogP contribution is -2.32. The fourth-order valence-corrected chi connectivity index (χ4v) is 2.73. The predicted octanol–water partition coefficient (Wildman–Crippen LogP) is 2.90. The molecule has 3 heteroatoms. The molecule has 0 aromatic heterocycles. The number of benzene rings is 1. The monoisotopic (exact) mass is 260 g/mol. The molecule has 0 saturated heterocycles. The van der Waals surface area contributed by atoms with Gasteiger partial charge in [0.1, 0.15) is 0 Å². The third-order valence-corrected chi connectivity index (χ3v) is 3.57. The molecule has 1 heterocycles. The van der Waals surface area contributed by atoms with E-state index in [-0.39, 0.29) is 11.3 Å². The average Bonchev–Trinajstić information content (AvgIpc) is 2.67. The lowest BCUT2D eigenvalue weighted by atomic mass is 9.91. The highest BCUT2D eigenvalue weighted by Gasteiger charge is 2.32. The molecule has 1 unspecified atom stereocenters. The molecule has 0 aliphatic carbocycles. The number of anilines is 1. The third-order valence-electron chi connectivity index (χ3n) is 3.57. The highest BCUT2D eigenvalue weighted by Crippen LogP contribution is 2.38. The van der Waals surface area contributed by atoms with Crippen LogP contribution in [0.2, 0.25) is 0 Å². The predicted molar refractivity (Wildman–Crippen MR) is 79.3 cm³/mol. The minimum Gasteiger partial charge on any atom is -0.330 e. The van der Waals surface area contributed by atoms with Crippen LogP contribution in [0, 0.1) is 5.41 Å². The third kappa shape index (κ3) is 3.16. The zero-order chi connectivity index (χ0) is 14.0. The van der Waals surface area contributed by atoms with Gasteiger partial charge in [0, 0.05) is 24.6 Å². The Morgan fingerprint density at radius 1 is 1.37 bits per heavy atom. The van der Waals surface area contributed by atoms with Crippen molar-refractivity contribution in [3.63, 3.8) is 0 Å². The highest BCUT2D eigenvalue weighted by molar-refractivity contribution is 5.96. The van der Waals surface area contributed by atoms with Crippen LogP contribution in [0.5, 0.6) is 0 Å². The van der Waals surface area contributed by atoms with Gasteiger partial charge in [0.15, 0.2) is 0 Å². The van der Waals surface area contributed by atoms with Crippen molar-refractivity contribution >= 4 is 11.6 Å². The van der Waals surface area contributed by atoms with E-state index in [0.717, 1.165) is 18.7 Å². The van der Waals surface area contributed by atoms with Gasteiger partial charge < -0.3 is 10.6 Å². The van der Waals surface area contributed by atoms with Crippen molar-refractivity contribution in [2.24, 2.45) is 11.1 Å². The van der Waals surface area contributed by atoms with Crippen LogP contribution in [0.1, 0.15) is 45.1 Å². The largest absolute Gasteiger partial charge is 0.330 e. The Morgan fingerprint density at radius 2 is 2.05 bits per heavy atom. The van der Waals surface area contributed by atoms with E-state index in [9.17, 15) is 4.79 Å². The molecule has 1 aliphatic rings. The first kappa shape index (κ1) is 14.1. The average molecular weight is 260 g/mol. The van der Waals surface area contributed by atoms with Crippen molar-refractivity contribution in [2.45, 2.75) is 39.5 Å². The van der Waals surface area contributed by atoms with Crippen LogP contribution in [0.4, 0.5) is 5.69 Å². The SMILES string of the molecule is CC(C)(C)CC(=O)N1CC(CCN)c2ccccc21. The number of para-hydroxylation sites is 1. The van der Waals surface area contributed by atoms with Gasteiger partial charge in [-0.15, -0.1) is 0 Å². The lowest BCUT2D eigenvalue weighted by Gasteiger charge is -2.23. The van der Waals surface area contributed by atoms with Crippen LogP contribution in [0.25, 0.3) is 0 Å². The van der Waals surface area contributed by atoms with E-state index in [4.69, 9.17) is 5.73 Å². The van der Waals surface area contributed by atoms with Gasteiger partial charge in [-0.2, -0.15) is 0 Å². The summed E-state index contributed by atoms with van der Waals surface area (Å²) in [5, 5.41) is 0. The Morgan fingerprint density at radius 3 is 2.68 bits per heavy atom. The van der Waals surface area contributed by atoms with Gasteiger partial charge in [-0.3, -0.25) is 4.79 Å². The minimum atomic E-state index is 0.0258. The molecular weight excluding hydrogens is 236 g/mol. The van der Waals surface area contributed by atoms with Crippen LogP contribution in [-0.2, 0) is 4.79 Å². The first-order valence-electron chi connectivity index (χ1n) is 7.02. The van der Waals surface area contributed by atoms with Gasteiger partial charge in [0.05, 0.1) is 0 Å². The topological polar surface area (TPSA) is 46.3 Å². The fraction of sp³-hybridized carbons (Fsp3) is 0.562. The Labute approximate surface area is 115 Å². The van der Waals surface area contributed by atoms with Gasteiger partial charge in [-0.25, -0.2) is 0 Å². The van der Waals surface area contributed by atoms with Crippen LogP contribution >= 0.6 is 0 Å². The number of nitrogens with two attached hydrogens (primary N) is 1. The van der Waals surface area contributed by atoms with E-state index < -0.39 is 0 Å². The molecule has 0 spiro atoms. The summed E-state index contributed by atoms with van der Waals surface area (Å²) in [6, 6.07) is 8.22. The molecule has 19 heavy (non-hydrogen) atoms. The van der Waals surface area contributed by atoms with Gasteiger partial charge in [0.25, 0.3) is 0 Å². The molecule has 2 rings (SSSR count). The molecule has 1 aromatic rings. The maximum Gasteiger partial charge on any atom is 0.227 e. The van der Waals surface area contributed by atoms with Crippen molar-refractivity contribution in [1.82, 2.24) is 0 Å². The summed E-state index contributed by atoms with van der Waals surface area (Å²) in [4.78, 5) is 14.4. The number of nitrogens with zero attached hydrogens (tertiary/aromatic N) is 1. The maximum atomic E-state index is 12.5. The Hall–Kier alpha value is -1.35. The number of carbonyl (C=O) groups is 1. The van der Waals surface area contributed by atoms with Gasteiger partial charge in [-0.05, 0) is 30.0 Å². The Balaban J connectivity index is 2.22. The molecule has 1 amide bonds. The Bertz CT molecular complexity index is 462. The molecule has 0 saturated carbocycles. The number of fused-ring (bicyclic) bond motifs is 1. The van der Waals surface area contributed by atoms with Crippen molar-refractivity contribution in [3.05, 3.63) is 29.8 Å². The van der Waals surface area contributed by atoms with Crippen molar-refractivity contribution in [1.29, 1.82) is 0 Å². The molecule has 0 bridgehead atoms. The van der Waals surface area contributed by atoms with Crippen molar-refractivity contribution < 1.29 is 4.79 Å². The summed E-state index contributed by atoms with van der Waals surface area (Å²) in [6.07, 6.45) is 1.52. The first-order valence-corrected chi connectivity index (χ1v) is 7.02. The molecule has 1 aromatic carbocycles. The fourth-order valence-electron chi connectivity index (χ4n) is 2.73. The lowest BCUT2D eigenvalue weighted by molar-refractivity contribution is -0.120. The van der Waals surface area contributed by atoms with E-state index in [2.05, 4.69) is 26.8 Å². The zero-order valence-electron chi connectivity index (χ0n) is 12.1. The van der Waals surface area contributed by atoms with Crippen LogP contribution in [0.15, 0.2) is 24.3 Å². The number of amides is 1. The van der Waals surface area contributed by atoms with Gasteiger partial charge >= 0.3 is 0 Å². The van der Waals surface area contributed by atoms with E-state index >= 15 is 0 Å². The zero-order valence-corrected chi connectivity index (χ0v) is 12.1. The normalized spacial score (nSPS) is 18.5. The van der Waals surface area contributed by atoms with E-state index in [1.165, 1.54) is 5.56 Å². The minimum absolute atomic E-state index is 0.0258. The van der Waals surface area contributed by atoms with Gasteiger partial charge in [0.2, 0.25) is 5.91 Å². The number of hydrogen-bond donors (Lipinski definition) is 1. The summed E-state index contributed by atoms with van der Waals surface area (Å²) in [6.45, 7) is 7.75. The number of carbonyl (C=O) groups excluding carboxylic acids is 1. The van der Waals surface area contributed by atoms with Crippen LogP contribution in [-0.4, -0.2) is 19.0 Å². The summed E-state index contributed by atoms with van der Waals surface area (Å²) < 4.78 is 0. The van der Waals surface area contributed by atoms with E-state index in [0.29, 0.717) is 18.9 Å². The molecule has 1 atom stereocenters. The first-order chi connectivity index (χ1) is 8.92.